The lowest BCUT2D eigenvalue weighted by Gasteiger charge is -2.55. The second kappa shape index (κ2) is 53.5. The second-order valence-electron chi connectivity index (χ2n) is 37.3. The van der Waals surface area contributed by atoms with E-state index in [1.54, 1.807) is 54.6 Å². The van der Waals surface area contributed by atoms with Gasteiger partial charge in [-0.3, -0.25) is 14.4 Å². The molecule has 0 spiro atoms. The number of likely N-dealkylation sites (N-methyl/N-ethyl adjacent to an activating group) is 6. The van der Waals surface area contributed by atoms with Crippen LogP contribution in [0.2, 0.25) is 0 Å². The first-order valence-corrected chi connectivity index (χ1v) is 40.1. The van der Waals surface area contributed by atoms with Crippen LogP contribution in [0.3, 0.4) is 0 Å². The van der Waals surface area contributed by atoms with Crippen LogP contribution < -0.4 is 5.32 Å². The third kappa shape index (κ3) is 58.3. The molecule has 24 heteroatoms. The Morgan fingerprint density at radius 3 is 0.982 bits per heavy atom. The van der Waals surface area contributed by atoms with Gasteiger partial charge in [-0.1, -0.05) is 141 Å². The van der Waals surface area contributed by atoms with Gasteiger partial charge in [0.05, 0.1) is 168 Å². The fourth-order valence-corrected chi connectivity index (χ4v) is 11.5. The summed E-state index contributed by atoms with van der Waals surface area (Å²) in [5, 5.41) is 2.72. The van der Waals surface area contributed by atoms with Crippen LogP contribution in [0.1, 0.15) is 163 Å². The van der Waals surface area contributed by atoms with Gasteiger partial charge in [0.25, 0.3) is 0 Å². The van der Waals surface area contributed by atoms with E-state index in [1.807, 2.05) is 99.8 Å². The maximum absolute atomic E-state index is 12.6. The molecule has 5 aliphatic carbocycles. The van der Waals surface area contributed by atoms with Crippen LogP contribution in [0.5, 0.6) is 0 Å². The van der Waals surface area contributed by atoms with Crippen molar-refractivity contribution >= 4 is 53.7 Å². The molecular formula is C88H153N7O17+6. The van der Waals surface area contributed by atoms with Gasteiger partial charge in [-0.15, -0.1) is 0 Å². The smallest absolute Gasteiger partial charge is 0.344 e. The summed E-state index contributed by atoms with van der Waals surface area (Å²) in [4.78, 5) is 104. The lowest BCUT2D eigenvalue weighted by atomic mass is 9.49. The molecular weight excluding hydrogens is 1430 g/mol. The zero-order valence-corrected chi connectivity index (χ0v) is 73.9. The van der Waals surface area contributed by atoms with Crippen molar-refractivity contribution in [3.8, 4) is 0 Å². The first-order chi connectivity index (χ1) is 51.9. The van der Waals surface area contributed by atoms with Gasteiger partial charge >= 0.3 is 47.8 Å². The summed E-state index contributed by atoms with van der Waals surface area (Å²) in [7, 11) is 36.9. The Bertz CT molecular complexity index is 3060. The van der Waals surface area contributed by atoms with Gasteiger partial charge in [0, 0.05) is 0 Å². The number of quaternary nitrogens is 6. The van der Waals surface area contributed by atoms with Crippen molar-refractivity contribution in [2.75, 3.05) is 226 Å². The van der Waals surface area contributed by atoms with Gasteiger partial charge in [0.15, 0.2) is 19.8 Å². The largest absolute Gasteiger partial charge is 0.457 e. The van der Waals surface area contributed by atoms with Crippen molar-refractivity contribution in [3.05, 3.63) is 120 Å². The average molecular weight is 1580 g/mol. The number of carbonyl (C=O) groups is 9. The Morgan fingerprint density at radius 2 is 0.696 bits per heavy atom. The third-order valence-electron chi connectivity index (χ3n) is 17.5. The molecule has 4 bridgehead atoms. The Kier molecular flexibility index (Phi) is 49.8. The number of ether oxygens (including phenoxy) is 8. The van der Waals surface area contributed by atoms with E-state index in [0.717, 1.165) is 100 Å². The minimum Gasteiger partial charge on any atom is -0.457 e. The van der Waals surface area contributed by atoms with Gasteiger partial charge in [-0.25, -0.2) is 28.8 Å². The number of unbranched alkanes of at least 4 members (excludes halogenated alkanes) is 2. The van der Waals surface area contributed by atoms with E-state index in [0.29, 0.717) is 90.5 Å². The van der Waals surface area contributed by atoms with Gasteiger partial charge in [-0.2, -0.15) is 0 Å². The Balaban J connectivity index is 0.00000130. The van der Waals surface area contributed by atoms with Crippen LogP contribution in [-0.2, 0) is 66.7 Å². The molecule has 8 rings (SSSR count). The first-order valence-electron chi connectivity index (χ1n) is 40.1. The topological polar surface area (TPSA) is 239 Å². The zero-order valence-electron chi connectivity index (χ0n) is 73.9. The Labute approximate surface area is 675 Å². The maximum Gasteiger partial charge on any atom is 0.344 e. The molecule has 0 heterocycles. The SMILES string of the molecule is C=CC(=O)NCC[N+](C)(C)C.CC(C)(C)C.CCCCC.C[N+](C)(C)CCOC(=O)COC(=O)C12CC3CC(CC(C3)C1)C2.C[N+](C)(C)CCOC(=O)COC(=O)C1CCCCC1.C[N+](C)(C)CCOC(=O)COC(=O)c1ccccc1.C[N+](C)(C)CCOC(=O)c1ccccc1.C[N+](C)(C)CCOC(=O)c1ccccc1. The first kappa shape index (κ1) is 104. The molecule has 5 saturated carbocycles. The summed E-state index contributed by atoms with van der Waals surface area (Å²) >= 11 is 0. The highest BCUT2D eigenvalue weighted by Crippen LogP contribution is 2.60. The molecule has 636 valence electrons. The van der Waals surface area contributed by atoms with Crippen LogP contribution in [0.15, 0.2) is 104 Å². The van der Waals surface area contributed by atoms with Gasteiger partial charge in [-0.05, 0) is 117 Å². The molecule has 0 unspecified atom stereocenters. The summed E-state index contributed by atoms with van der Waals surface area (Å²) in [6, 6.07) is 26.6. The minimum absolute atomic E-state index is 0.0206. The maximum atomic E-state index is 12.6. The van der Waals surface area contributed by atoms with Crippen molar-refractivity contribution in [1.29, 1.82) is 0 Å². The normalized spacial score (nSPS) is 16.9. The van der Waals surface area contributed by atoms with Crippen LogP contribution in [0.4, 0.5) is 0 Å². The number of hydrogen-bond acceptors (Lipinski definition) is 17. The summed E-state index contributed by atoms with van der Waals surface area (Å²) in [6.45, 7) is 23.1. The third-order valence-corrected chi connectivity index (χ3v) is 17.5. The van der Waals surface area contributed by atoms with Gasteiger partial charge in [0.1, 0.15) is 65.8 Å². The van der Waals surface area contributed by atoms with E-state index >= 15 is 0 Å². The molecule has 1 N–H and O–H groups in total. The number of benzene rings is 3. The fraction of sp³-hybridized carbons (Fsp3) is 0.670. The van der Waals surface area contributed by atoms with Crippen LogP contribution >= 0.6 is 0 Å². The van der Waals surface area contributed by atoms with E-state index in [1.165, 1.54) is 51.0 Å². The standard InChI is InChI=1S/C18H30NO4.C14H26NO4.C14H20NO4.2C12H18NO2.C8H16N2O.2C5H12/c1-19(2,3)4-5-22-16(20)12-23-17(21)18-9-13-6-14(10-18)8-15(7-13)11-18;2*1-15(2,3)9-10-18-13(16)11-19-14(17)12-7-5-4-6-8-12;2*1-13(2,3)9-10-15-12(14)11-7-5-4-6-8-11;1-5-8(11)9-6-7-10(2,3)4;1-5(2,3)4;1-3-5-4-2/h13-15H,4-12H2,1-3H3;12H,4-11H2,1-3H3;4-8H,9-11H2,1-3H3;2*4-8H,9-10H2,1-3H3;5H,1,6-7H2,2-4H3;1-4H3;3-5H2,1-2H3/q5*+1;;;/p+1. The molecule has 3 aromatic carbocycles. The molecule has 5 aliphatic rings. The average Bonchev–Trinajstić information content (AvgIpc) is 0.742. The highest BCUT2D eigenvalue weighted by atomic mass is 16.6. The fourth-order valence-electron chi connectivity index (χ4n) is 11.5. The summed E-state index contributed by atoms with van der Waals surface area (Å²) in [5.41, 5.74) is 1.84. The van der Waals surface area contributed by atoms with Crippen molar-refractivity contribution in [3.63, 3.8) is 0 Å². The number of hydrogen-bond donors (Lipinski definition) is 1. The Morgan fingerprint density at radius 1 is 0.411 bits per heavy atom. The number of nitrogens with one attached hydrogen (secondary N) is 1. The quantitative estimate of drug-likeness (QED) is 0.0264. The van der Waals surface area contributed by atoms with E-state index in [2.05, 4.69) is 117 Å². The number of nitrogens with zero attached hydrogens (tertiary/aromatic N) is 6. The summed E-state index contributed by atoms with van der Waals surface area (Å²) in [5.74, 6) is -0.861. The van der Waals surface area contributed by atoms with Crippen molar-refractivity contribution in [1.82, 2.24) is 5.32 Å². The minimum atomic E-state index is -0.530. The monoisotopic (exact) mass is 1580 g/mol. The predicted molar refractivity (Wildman–Crippen MR) is 443 cm³/mol. The highest BCUT2D eigenvalue weighted by molar-refractivity contribution is 5.91. The van der Waals surface area contributed by atoms with E-state index in [9.17, 15) is 43.2 Å². The Hall–Kier alpha value is -7.61. The van der Waals surface area contributed by atoms with Crippen molar-refractivity contribution in [2.24, 2.45) is 34.5 Å². The number of carbonyl (C=O) groups excluding carboxylic acids is 9. The number of rotatable bonds is 32. The van der Waals surface area contributed by atoms with Crippen LogP contribution in [0.25, 0.3) is 0 Å². The zero-order chi connectivity index (χ0) is 85.4. The number of amides is 1. The molecule has 112 heavy (non-hydrogen) atoms. The highest BCUT2D eigenvalue weighted by Gasteiger charge is 2.55. The summed E-state index contributed by atoms with van der Waals surface area (Å²) in [6.07, 6.45) is 17.3. The second-order valence-corrected chi connectivity index (χ2v) is 37.3. The molecule has 24 nitrogen and oxygen atoms in total. The molecule has 0 saturated heterocycles. The molecule has 0 atom stereocenters. The van der Waals surface area contributed by atoms with E-state index in [-0.39, 0.29) is 60.9 Å². The van der Waals surface area contributed by atoms with Gasteiger partial charge < -0.3 is 70.1 Å². The van der Waals surface area contributed by atoms with E-state index < -0.39 is 23.9 Å². The van der Waals surface area contributed by atoms with Gasteiger partial charge in [0.2, 0.25) is 5.91 Å². The molecule has 0 aliphatic heterocycles. The number of esters is 8. The van der Waals surface area contributed by atoms with Crippen molar-refractivity contribution in [2.45, 2.75) is 131 Å². The lowest BCUT2D eigenvalue weighted by molar-refractivity contribution is -0.870. The van der Waals surface area contributed by atoms with Crippen LogP contribution in [0, 0.1) is 34.5 Å². The summed E-state index contributed by atoms with van der Waals surface area (Å²) < 4.78 is 45.3. The van der Waals surface area contributed by atoms with Crippen LogP contribution in [-0.4, -0.2) is 306 Å². The molecule has 0 radical (unpaired) electrons. The molecule has 3 aromatic rings. The van der Waals surface area contributed by atoms with E-state index in [4.69, 9.17) is 37.9 Å². The predicted octanol–water partition coefficient (Wildman–Crippen LogP) is 11.8. The van der Waals surface area contributed by atoms with Crippen molar-refractivity contribution < 1.29 is 108 Å². The molecule has 5 fully saturated rings. The lowest BCUT2D eigenvalue weighted by Crippen LogP contribution is -2.50. The molecule has 1 amide bonds. The molecule has 0 aromatic heterocycles.